The molecule has 0 aliphatic heterocycles. The van der Waals surface area contributed by atoms with E-state index in [2.05, 4.69) is 10.5 Å². The predicted octanol–water partition coefficient (Wildman–Crippen LogP) is 5.72. The quantitative estimate of drug-likeness (QED) is 0.291. The lowest BCUT2D eigenvalue weighted by molar-refractivity contribution is -0.120. The van der Waals surface area contributed by atoms with Crippen molar-refractivity contribution < 1.29 is 14.4 Å². The molecule has 0 bridgehead atoms. The Morgan fingerprint density at radius 3 is 2.47 bits per heavy atom. The van der Waals surface area contributed by atoms with E-state index in [4.69, 9.17) is 9.57 Å². The molecule has 0 atom stereocenters. The molecule has 160 valence electrons. The number of ether oxygens (including phenoxy) is 1. The molecule has 0 aliphatic rings. The zero-order valence-electron chi connectivity index (χ0n) is 17.8. The summed E-state index contributed by atoms with van der Waals surface area (Å²) in [4.78, 5) is 17.4. The number of rotatable bonds is 8. The van der Waals surface area contributed by atoms with Crippen LogP contribution >= 0.6 is 0 Å². The molecule has 0 aromatic heterocycles. The number of fused-ring (bicyclic) bond motifs is 1. The molecular weight excluding hydrogens is 400 g/mol. The number of carbonyl (C=O) groups excluding carboxylic acids is 1. The van der Waals surface area contributed by atoms with Crippen molar-refractivity contribution in [3.63, 3.8) is 0 Å². The van der Waals surface area contributed by atoms with Gasteiger partial charge in [0.15, 0.2) is 6.61 Å². The third-order valence-electron chi connectivity index (χ3n) is 4.96. The van der Waals surface area contributed by atoms with Gasteiger partial charge in [-0.2, -0.15) is 0 Å². The molecule has 0 spiro atoms. The average molecular weight is 425 g/mol. The first-order chi connectivity index (χ1) is 15.7. The second kappa shape index (κ2) is 10.3. The molecule has 0 unspecified atom stereocenters. The minimum absolute atomic E-state index is 0.185. The molecule has 32 heavy (non-hydrogen) atoms. The van der Waals surface area contributed by atoms with Gasteiger partial charge in [-0.1, -0.05) is 83.5 Å². The topological polar surface area (TPSA) is 59.9 Å². The Hall–Kier alpha value is -4.12. The molecule has 0 radical (unpaired) electrons. The molecule has 1 N–H and O–H groups in total. The molecule has 0 aliphatic carbocycles. The summed E-state index contributed by atoms with van der Waals surface area (Å²) in [5, 5.41) is 8.88. The molecule has 5 heteroatoms. The summed E-state index contributed by atoms with van der Waals surface area (Å²) in [5.41, 5.74) is 3.73. The first-order valence-corrected chi connectivity index (χ1v) is 10.4. The highest BCUT2D eigenvalue weighted by Gasteiger charge is 2.08. The normalized spacial score (nSPS) is 10.9. The maximum Gasteiger partial charge on any atom is 0.265 e. The number of nitrogens with one attached hydrogen (secondary N) is 1. The molecule has 0 saturated heterocycles. The van der Waals surface area contributed by atoms with Crippen LogP contribution in [0.1, 0.15) is 16.7 Å². The van der Waals surface area contributed by atoms with Crippen LogP contribution < -0.4 is 10.1 Å². The van der Waals surface area contributed by atoms with E-state index in [1.54, 1.807) is 6.21 Å². The Morgan fingerprint density at radius 1 is 0.906 bits per heavy atom. The number of benzene rings is 4. The molecule has 0 saturated carbocycles. The SMILES string of the molecule is Cc1ccc(NC(=O)CO/N=C/c2c(OCc3ccccc3)ccc3ccccc23)cc1. The van der Waals surface area contributed by atoms with Crippen molar-refractivity contribution in [3.05, 3.63) is 108 Å². The van der Waals surface area contributed by atoms with E-state index < -0.39 is 0 Å². The molecule has 1 amide bonds. The van der Waals surface area contributed by atoms with Crippen LogP contribution in [-0.4, -0.2) is 18.7 Å². The zero-order valence-corrected chi connectivity index (χ0v) is 17.8. The number of aryl methyl sites for hydroxylation is 1. The largest absolute Gasteiger partial charge is 0.488 e. The first kappa shape index (κ1) is 21.1. The molecule has 4 rings (SSSR count). The molecular formula is C27H24N2O3. The summed E-state index contributed by atoms with van der Waals surface area (Å²) >= 11 is 0. The van der Waals surface area contributed by atoms with Gasteiger partial charge in [0, 0.05) is 11.3 Å². The number of carbonyl (C=O) groups is 1. The van der Waals surface area contributed by atoms with Gasteiger partial charge in [-0.25, -0.2) is 0 Å². The number of hydrogen-bond acceptors (Lipinski definition) is 4. The fourth-order valence-corrected chi connectivity index (χ4v) is 3.29. The molecule has 0 fully saturated rings. The Kier molecular flexibility index (Phi) is 6.78. The van der Waals surface area contributed by atoms with Gasteiger partial charge < -0.3 is 14.9 Å². The minimum atomic E-state index is -0.274. The minimum Gasteiger partial charge on any atom is -0.488 e. The van der Waals surface area contributed by atoms with E-state index in [1.807, 2.05) is 97.9 Å². The van der Waals surface area contributed by atoms with Crippen molar-refractivity contribution in [3.8, 4) is 5.75 Å². The Balaban J connectivity index is 1.44. The highest BCUT2D eigenvalue weighted by Crippen LogP contribution is 2.27. The third-order valence-corrected chi connectivity index (χ3v) is 4.96. The zero-order chi connectivity index (χ0) is 22.2. The lowest BCUT2D eigenvalue weighted by Crippen LogP contribution is -2.16. The van der Waals surface area contributed by atoms with Crippen LogP contribution in [-0.2, 0) is 16.2 Å². The fourth-order valence-electron chi connectivity index (χ4n) is 3.29. The monoisotopic (exact) mass is 424 g/mol. The molecule has 0 heterocycles. The number of hydrogen-bond donors (Lipinski definition) is 1. The standard InChI is InChI=1S/C27H24N2O3/c1-20-11-14-23(15-12-20)29-27(30)19-32-28-17-25-24-10-6-5-9-22(24)13-16-26(25)31-18-21-7-3-2-4-8-21/h2-17H,18-19H2,1H3,(H,29,30)/b28-17+. The smallest absolute Gasteiger partial charge is 0.265 e. The summed E-state index contributed by atoms with van der Waals surface area (Å²) < 4.78 is 6.07. The number of anilines is 1. The second-order valence-corrected chi connectivity index (χ2v) is 7.39. The van der Waals surface area contributed by atoms with E-state index in [0.717, 1.165) is 33.2 Å². The van der Waals surface area contributed by atoms with Gasteiger partial charge >= 0.3 is 0 Å². The molecule has 4 aromatic rings. The Labute approximate surface area is 187 Å². The number of oxime groups is 1. The van der Waals surface area contributed by atoms with Crippen molar-refractivity contribution in [1.29, 1.82) is 0 Å². The van der Waals surface area contributed by atoms with Gasteiger partial charge in [-0.05, 0) is 41.5 Å². The maximum atomic E-state index is 12.1. The van der Waals surface area contributed by atoms with E-state index in [0.29, 0.717) is 12.4 Å². The van der Waals surface area contributed by atoms with E-state index >= 15 is 0 Å². The maximum absolute atomic E-state index is 12.1. The summed E-state index contributed by atoms with van der Waals surface area (Å²) in [6.45, 7) is 2.25. The lowest BCUT2D eigenvalue weighted by Gasteiger charge is -2.12. The van der Waals surface area contributed by atoms with Crippen molar-refractivity contribution in [2.45, 2.75) is 13.5 Å². The Bertz CT molecular complexity index is 1220. The molecule has 5 nitrogen and oxygen atoms in total. The van der Waals surface area contributed by atoms with Gasteiger partial charge in [0.25, 0.3) is 5.91 Å². The summed E-state index contributed by atoms with van der Waals surface area (Å²) in [6.07, 6.45) is 1.60. The highest BCUT2D eigenvalue weighted by atomic mass is 16.6. The van der Waals surface area contributed by atoms with E-state index in [1.165, 1.54) is 0 Å². The Morgan fingerprint density at radius 2 is 1.66 bits per heavy atom. The van der Waals surface area contributed by atoms with Crippen LogP contribution in [0.2, 0.25) is 0 Å². The number of amides is 1. The van der Waals surface area contributed by atoms with Crippen LogP contribution in [0, 0.1) is 6.92 Å². The summed E-state index contributed by atoms with van der Waals surface area (Å²) in [6, 6.07) is 29.5. The number of nitrogens with zero attached hydrogens (tertiary/aromatic N) is 1. The summed E-state index contributed by atoms with van der Waals surface area (Å²) in [5.74, 6) is 0.425. The van der Waals surface area contributed by atoms with Crippen LogP contribution in [0.4, 0.5) is 5.69 Å². The first-order valence-electron chi connectivity index (χ1n) is 10.4. The van der Waals surface area contributed by atoms with Crippen LogP contribution in [0.25, 0.3) is 10.8 Å². The lowest BCUT2D eigenvalue weighted by atomic mass is 10.0. The van der Waals surface area contributed by atoms with E-state index in [-0.39, 0.29) is 12.5 Å². The van der Waals surface area contributed by atoms with Gasteiger partial charge in [-0.15, -0.1) is 0 Å². The van der Waals surface area contributed by atoms with Crippen LogP contribution in [0.5, 0.6) is 5.75 Å². The predicted molar refractivity (Wildman–Crippen MR) is 128 cm³/mol. The fraction of sp³-hybridized carbons (Fsp3) is 0.111. The van der Waals surface area contributed by atoms with Gasteiger partial charge in [-0.3, -0.25) is 4.79 Å². The molecule has 4 aromatic carbocycles. The van der Waals surface area contributed by atoms with Crippen molar-refractivity contribution in [1.82, 2.24) is 0 Å². The van der Waals surface area contributed by atoms with Gasteiger partial charge in [0.05, 0.1) is 6.21 Å². The van der Waals surface area contributed by atoms with Crippen molar-refractivity contribution in [2.24, 2.45) is 5.16 Å². The van der Waals surface area contributed by atoms with Gasteiger partial charge in [0.2, 0.25) is 0 Å². The third kappa shape index (κ3) is 5.52. The van der Waals surface area contributed by atoms with Gasteiger partial charge in [0.1, 0.15) is 12.4 Å². The second-order valence-electron chi connectivity index (χ2n) is 7.39. The summed E-state index contributed by atoms with van der Waals surface area (Å²) in [7, 11) is 0. The highest BCUT2D eigenvalue weighted by molar-refractivity contribution is 6.02. The van der Waals surface area contributed by atoms with Crippen LogP contribution in [0.3, 0.4) is 0 Å². The van der Waals surface area contributed by atoms with Crippen molar-refractivity contribution in [2.75, 3.05) is 11.9 Å². The van der Waals surface area contributed by atoms with Crippen LogP contribution in [0.15, 0.2) is 96.2 Å². The van der Waals surface area contributed by atoms with Crippen molar-refractivity contribution >= 4 is 28.6 Å². The van der Waals surface area contributed by atoms with E-state index in [9.17, 15) is 4.79 Å². The average Bonchev–Trinajstić information content (AvgIpc) is 2.83.